The third-order valence-electron chi connectivity index (χ3n) is 2.99. The first-order chi connectivity index (χ1) is 11.6. The lowest BCUT2D eigenvalue weighted by Gasteiger charge is -2.04. The first-order valence-corrected chi connectivity index (χ1v) is 6.91. The third kappa shape index (κ3) is 4.42. The monoisotopic (exact) mass is 322 g/mol. The Kier molecular flexibility index (Phi) is 5.64. The second-order valence-corrected chi connectivity index (χ2v) is 4.58. The highest BCUT2D eigenvalue weighted by Gasteiger charge is 2.12. The lowest BCUT2D eigenvalue weighted by molar-refractivity contribution is -0.136. The van der Waals surface area contributed by atoms with Crippen LogP contribution in [0.1, 0.15) is 11.1 Å². The van der Waals surface area contributed by atoms with Crippen LogP contribution >= 0.6 is 0 Å². The van der Waals surface area contributed by atoms with Gasteiger partial charge < -0.3 is 10.1 Å². The number of anilines is 1. The standard InChI is InChI=1S/C17H14N4O3/c1-24-15-5-3-2-4-13(15)11-19-21-17(23)16(22)20-14-8-6-12(10-18)7-9-14/h2-9,11H,1H3,(H,20,22)(H,21,23)/b19-11+. The van der Waals surface area contributed by atoms with Gasteiger partial charge in [-0.25, -0.2) is 5.43 Å². The summed E-state index contributed by atoms with van der Waals surface area (Å²) in [6.45, 7) is 0. The summed E-state index contributed by atoms with van der Waals surface area (Å²) in [5.74, 6) is -1.18. The molecule has 0 heterocycles. The van der Waals surface area contributed by atoms with Crippen LogP contribution < -0.4 is 15.5 Å². The molecule has 0 saturated carbocycles. The zero-order valence-corrected chi connectivity index (χ0v) is 12.8. The minimum atomic E-state index is -0.912. The number of amides is 2. The molecule has 120 valence electrons. The Morgan fingerprint density at radius 3 is 2.50 bits per heavy atom. The molecule has 2 rings (SSSR count). The minimum absolute atomic E-state index is 0.405. The molecule has 2 aromatic carbocycles. The van der Waals surface area contributed by atoms with Crippen molar-refractivity contribution >= 4 is 23.7 Å². The highest BCUT2D eigenvalue weighted by Crippen LogP contribution is 2.14. The number of benzene rings is 2. The van der Waals surface area contributed by atoms with Gasteiger partial charge in [-0.3, -0.25) is 9.59 Å². The van der Waals surface area contributed by atoms with Gasteiger partial charge in [-0.15, -0.1) is 0 Å². The fourth-order valence-corrected chi connectivity index (χ4v) is 1.80. The number of nitriles is 1. The zero-order chi connectivity index (χ0) is 17.4. The quantitative estimate of drug-likeness (QED) is 0.507. The fraction of sp³-hybridized carbons (Fsp3) is 0.0588. The Bertz CT molecular complexity index is 807. The van der Waals surface area contributed by atoms with Crippen molar-refractivity contribution in [1.82, 2.24) is 5.43 Å². The average molecular weight is 322 g/mol. The molecule has 0 aromatic heterocycles. The molecule has 24 heavy (non-hydrogen) atoms. The van der Waals surface area contributed by atoms with Crippen LogP contribution in [0.2, 0.25) is 0 Å². The smallest absolute Gasteiger partial charge is 0.329 e. The van der Waals surface area contributed by atoms with Gasteiger partial charge >= 0.3 is 11.8 Å². The van der Waals surface area contributed by atoms with E-state index in [1.54, 1.807) is 24.3 Å². The lowest BCUT2D eigenvalue weighted by atomic mass is 10.2. The molecule has 0 aliphatic heterocycles. The van der Waals surface area contributed by atoms with E-state index < -0.39 is 11.8 Å². The number of carbonyl (C=O) groups is 2. The largest absolute Gasteiger partial charge is 0.496 e. The molecule has 2 aromatic rings. The Labute approximate surface area is 138 Å². The minimum Gasteiger partial charge on any atom is -0.496 e. The van der Waals surface area contributed by atoms with Crippen LogP contribution in [0.3, 0.4) is 0 Å². The van der Waals surface area contributed by atoms with Crippen LogP contribution in [0.15, 0.2) is 53.6 Å². The second kappa shape index (κ2) is 8.10. The van der Waals surface area contributed by atoms with E-state index >= 15 is 0 Å². The molecule has 0 radical (unpaired) electrons. The maximum absolute atomic E-state index is 11.7. The number of carbonyl (C=O) groups excluding carboxylic acids is 2. The molecule has 7 heteroatoms. The van der Waals surface area contributed by atoms with E-state index in [-0.39, 0.29) is 0 Å². The number of methoxy groups -OCH3 is 1. The van der Waals surface area contributed by atoms with E-state index in [4.69, 9.17) is 10.00 Å². The molecule has 0 aliphatic carbocycles. The SMILES string of the molecule is COc1ccccc1/C=N/NC(=O)C(=O)Nc1ccc(C#N)cc1. The lowest BCUT2D eigenvalue weighted by Crippen LogP contribution is -2.32. The molecule has 7 nitrogen and oxygen atoms in total. The Morgan fingerprint density at radius 2 is 1.83 bits per heavy atom. The van der Waals surface area contributed by atoms with Crippen molar-refractivity contribution in [3.63, 3.8) is 0 Å². The van der Waals surface area contributed by atoms with Crippen LogP contribution in [-0.2, 0) is 9.59 Å². The Hall–Kier alpha value is -3.66. The summed E-state index contributed by atoms with van der Waals surface area (Å²) in [6, 6.07) is 15.2. The summed E-state index contributed by atoms with van der Waals surface area (Å²) in [6.07, 6.45) is 1.38. The first kappa shape index (κ1) is 16.7. The predicted molar refractivity (Wildman–Crippen MR) is 88.5 cm³/mol. The number of hydrogen-bond acceptors (Lipinski definition) is 5. The molecule has 0 unspecified atom stereocenters. The van der Waals surface area contributed by atoms with Gasteiger partial charge in [-0.1, -0.05) is 12.1 Å². The molecule has 2 N–H and O–H groups in total. The predicted octanol–water partition coefficient (Wildman–Crippen LogP) is 1.66. The second-order valence-electron chi connectivity index (χ2n) is 4.58. The van der Waals surface area contributed by atoms with Gasteiger partial charge in [0.2, 0.25) is 0 Å². The highest BCUT2D eigenvalue weighted by atomic mass is 16.5. The summed E-state index contributed by atoms with van der Waals surface area (Å²) in [5, 5.41) is 14.8. The number of nitrogens with zero attached hydrogens (tertiary/aromatic N) is 2. The van der Waals surface area contributed by atoms with E-state index in [1.165, 1.54) is 37.6 Å². The maximum Gasteiger partial charge on any atom is 0.329 e. The third-order valence-corrected chi connectivity index (χ3v) is 2.99. The number of rotatable bonds is 4. The molecule has 0 fully saturated rings. The number of nitrogens with one attached hydrogen (secondary N) is 2. The average Bonchev–Trinajstić information content (AvgIpc) is 2.62. The van der Waals surface area contributed by atoms with Crippen molar-refractivity contribution in [1.29, 1.82) is 5.26 Å². The summed E-state index contributed by atoms with van der Waals surface area (Å²) in [5.41, 5.74) is 3.66. The molecule has 0 spiro atoms. The van der Waals surface area contributed by atoms with Crippen LogP contribution in [0, 0.1) is 11.3 Å². The van der Waals surface area contributed by atoms with Crippen LogP contribution in [0.5, 0.6) is 5.75 Å². The zero-order valence-electron chi connectivity index (χ0n) is 12.8. The van der Waals surface area contributed by atoms with Gasteiger partial charge in [0, 0.05) is 11.3 Å². The number of para-hydroxylation sites is 1. The Balaban J connectivity index is 1.92. The molecule has 0 saturated heterocycles. The molecular weight excluding hydrogens is 308 g/mol. The van der Waals surface area contributed by atoms with Gasteiger partial charge in [0.05, 0.1) is 25.0 Å². The summed E-state index contributed by atoms with van der Waals surface area (Å²) in [7, 11) is 1.52. The number of ether oxygens (including phenoxy) is 1. The number of hydrogen-bond donors (Lipinski definition) is 2. The summed E-state index contributed by atoms with van der Waals surface area (Å²) < 4.78 is 5.14. The van der Waals surface area contributed by atoms with E-state index in [0.717, 1.165) is 0 Å². The van der Waals surface area contributed by atoms with E-state index in [0.29, 0.717) is 22.6 Å². The van der Waals surface area contributed by atoms with Gasteiger partial charge in [0.25, 0.3) is 0 Å². The normalized spacial score (nSPS) is 10.0. The van der Waals surface area contributed by atoms with E-state index in [2.05, 4.69) is 15.8 Å². The van der Waals surface area contributed by atoms with Gasteiger partial charge in [-0.2, -0.15) is 10.4 Å². The molecular formula is C17H14N4O3. The molecule has 0 aliphatic rings. The van der Waals surface area contributed by atoms with Gasteiger partial charge in [0.1, 0.15) is 5.75 Å². The molecule has 0 bridgehead atoms. The first-order valence-electron chi connectivity index (χ1n) is 6.91. The van der Waals surface area contributed by atoms with Gasteiger partial charge in [-0.05, 0) is 36.4 Å². The summed E-state index contributed by atoms with van der Waals surface area (Å²) >= 11 is 0. The topological polar surface area (TPSA) is 104 Å². The van der Waals surface area contributed by atoms with Crippen molar-refractivity contribution in [3.05, 3.63) is 59.7 Å². The van der Waals surface area contributed by atoms with Crippen molar-refractivity contribution in [2.24, 2.45) is 5.10 Å². The van der Waals surface area contributed by atoms with Crippen molar-refractivity contribution in [2.75, 3.05) is 12.4 Å². The van der Waals surface area contributed by atoms with Crippen molar-refractivity contribution in [3.8, 4) is 11.8 Å². The fourth-order valence-electron chi connectivity index (χ4n) is 1.80. The van der Waals surface area contributed by atoms with Crippen LogP contribution in [-0.4, -0.2) is 25.1 Å². The molecule has 2 amide bonds. The van der Waals surface area contributed by atoms with Crippen LogP contribution in [0.4, 0.5) is 5.69 Å². The molecule has 0 atom stereocenters. The van der Waals surface area contributed by atoms with E-state index in [1.807, 2.05) is 6.07 Å². The van der Waals surface area contributed by atoms with Crippen molar-refractivity contribution in [2.45, 2.75) is 0 Å². The van der Waals surface area contributed by atoms with E-state index in [9.17, 15) is 9.59 Å². The summed E-state index contributed by atoms with van der Waals surface area (Å²) in [4.78, 5) is 23.4. The van der Waals surface area contributed by atoms with Gasteiger partial charge in [0.15, 0.2) is 0 Å². The Morgan fingerprint density at radius 1 is 1.12 bits per heavy atom. The highest BCUT2D eigenvalue weighted by molar-refractivity contribution is 6.39. The van der Waals surface area contributed by atoms with Crippen molar-refractivity contribution < 1.29 is 14.3 Å². The number of hydrazone groups is 1. The maximum atomic E-state index is 11.7. The van der Waals surface area contributed by atoms with Crippen LogP contribution in [0.25, 0.3) is 0 Å².